The summed E-state index contributed by atoms with van der Waals surface area (Å²) in [4.78, 5) is 29.6. The molecule has 0 fully saturated rings. The van der Waals surface area contributed by atoms with Gasteiger partial charge in [0.1, 0.15) is 23.1 Å². The van der Waals surface area contributed by atoms with Gasteiger partial charge in [-0.3, -0.25) is 9.59 Å². The number of aromatic nitrogens is 1. The Kier molecular flexibility index (Phi) is 8.20. The average molecular weight is 458 g/mol. The Morgan fingerprint density at radius 1 is 1.13 bits per heavy atom. The lowest BCUT2D eigenvalue weighted by Gasteiger charge is -2.14. The molecule has 2 aromatic heterocycles. The van der Waals surface area contributed by atoms with Crippen molar-refractivity contribution in [2.75, 3.05) is 13.1 Å². The molecule has 6 nitrogen and oxygen atoms in total. The van der Waals surface area contributed by atoms with E-state index >= 15 is 0 Å². The predicted octanol–water partition coefficient (Wildman–Crippen LogP) is 4.30. The van der Waals surface area contributed by atoms with Crippen LogP contribution < -0.4 is 15.4 Å². The van der Waals surface area contributed by atoms with Crippen molar-refractivity contribution in [1.29, 1.82) is 0 Å². The number of carbonyl (C=O) groups is 2. The van der Waals surface area contributed by atoms with E-state index in [1.165, 1.54) is 11.3 Å². The molecule has 8 heteroatoms. The largest absolute Gasteiger partial charge is 0.486 e. The lowest BCUT2D eigenvalue weighted by Crippen LogP contribution is -2.35. The molecule has 0 spiro atoms. The second-order valence-corrected chi connectivity index (χ2v) is 9.45. The van der Waals surface area contributed by atoms with Crippen molar-refractivity contribution in [2.24, 2.45) is 0 Å². The molecule has 0 saturated carbocycles. The molecule has 0 atom stereocenters. The molecule has 2 N–H and O–H groups in total. The van der Waals surface area contributed by atoms with Gasteiger partial charge in [0.25, 0.3) is 5.91 Å². The lowest BCUT2D eigenvalue weighted by atomic mass is 10.0. The van der Waals surface area contributed by atoms with Crippen LogP contribution >= 0.6 is 22.7 Å². The van der Waals surface area contributed by atoms with E-state index in [2.05, 4.69) is 41.6 Å². The third kappa shape index (κ3) is 6.90. The third-order valence-electron chi connectivity index (χ3n) is 4.57. The number of hydrogen-bond donors (Lipinski definition) is 2. The molecule has 3 rings (SSSR count). The molecular formula is C23H27N3O3S2. The Morgan fingerprint density at radius 2 is 1.94 bits per heavy atom. The molecule has 0 unspecified atom stereocenters. The van der Waals surface area contributed by atoms with Crippen molar-refractivity contribution in [3.05, 3.63) is 67.8 Å². The highest BCUT2D eigenvalue weighted by molar-refractivity contribution is 7.10. The Morgan fingerprint density at radius 3 is 2.68 bits per heavy atom. The summed E-state index contributed by atoms with van der Waals surface area (Å²) in [5, 5.41) is 10.0. The second kappa shape index (κ2) is 11.1. The van der Waals surface area contributed by atoms with Gasteiger partial charge in [-0.1, -0.05) is 32.0 Å². The minimum Gasteiger partial charge on any atom is -0.486 e. The molecule has 164 valence electrons. The number of carbonyl (C=O) groups excluding carboxylic acids is 2. The third-order valence-corrected chi connectivity index (χ3v) is 6.27. The van der Waals surface area contributed by atoms with Crippen LogP contribution in [0.15, 0.2) is 41.1 Å². The van der Waals surface area contributed by atoms with E-state index < -0.39 is 0 Å². The Hall–Kier alpha value is -2.71. The molecular weight excluding hydrogens is 430 g/mol. The van der Waals surface area contributed by atoms with E-state index in [0.29, 0.717) is 37.7 Å². The summed E-state index contributed by atoms with van der Waals surface area (Å²) < 4.78 is 6.00. The first-order valence-corrected chi connectivity index (χ1v) is 11.9. The van der Waals surface area contributed by atoms with Crippen molar-refractivity contribution in [3.63, 3.8) is 0 Å². The van der Waals surface area contributed by atoms with Gasteiger partial charge in [0.15, 0.2) is 0 Å². The summed E-state index contributed by atoms with van der Waals surface area (Å²) in [6.07, 6.45) is 0.362. The summed E-state index contributed by atoms with van der Waals surface area (Å²) in [6.45, 7) is 7.34. The van der Waals surface area contributed by atoms with E-state index in [1.54, 1.807) is 16.7 Å². The van der Waals surface area contributed by atoms with E-state index in [4.69, 9.17) is 4.74 Å². The SMILES string of the molecule is Cc1ccc(C(C)C)c(OCc2nc(C(=O)NCCNC(=O)Cc3cccs3)cs2)c1. The molecule has 0 aliphatic rings. The molecule has 1 aromatic carbocycles. The molecule has 0 bridgehead atoms. The molecule has 2 heterocycles. The minimum atomic E-state index is -0.256. The molecule has 3 aromatic rings. The monoisotopic (exact) mass is 457 g/mol. The number of hydrogen-bond acceptors (Lipinski definition) is 6. The summed E-state index contributed by atoms with van der Waals surface area (Å²) in [6, 6.07) is 10.1. The van der Waals surface area contributed by atoms with Gasteiger partial charge in [-0.2, -0.15) is 0 Å². The summed E-state index contributed by atoms with van der Waals surface area (Å²) in [5.74, 6) is 0.906. The zero-order valence-electron chi connectivity index (χ0n) is 17.9. The van der Waals surface area contributed by atoms with Crippen molar-refractivity contribution < 1.29 is 14.3 Å². The first-order valence-electron chi connectivity index (χ1n) is 10.2. The van der Waals surface area contributed by atoms with E-state index in [0.717, 1.165) is 26.8 Å². The fourth-order valence-corrected chi connectivity index (χ4v) is 4.36. The predicted molar refractivity (Wildman–Crippen MR) is 125 cm³/mol. The number of ether oxygens (including phenoxy) is 1. The van der Waals surface area contributed by atoms with Gasteiger partial charge in [0.05, 0.1) is 6.42 Å². The minimum absolute atomic E-state index is 0.0540. The first-order chi connectivity index (χ1) is 14.9. The smallest absolute Gasteiger partial charge is 0.270 e. The highest BCUT2D eigenvalue weighted by Crippen LogP contribution is 2.28. The first kappa shape index (κ1) is 23.0. The quantitative estimate of drug-likeness (QED) is 0.445. The summed E-state index contributed by atoms with van der Waals surface area (Å²) >= 11 is 2.95. The molecule has 0 aliphatic heterocycles. The van der Waals surface area contributed by atoms with Gasteiger partial charge in [0, 0.05) is 23.3 Å². The number of aryl methyl sites for hydroxylation is 1. The standard InChI is InChI=1S/C23H27N3O3S2/c1-15(2)18-7-6-16(3)11-20(18)29-13-22-26-19(14-31-22)23(28)25-9-8-24-21(27)12-17-5-4-10-30-17/h4-7,10-11,14-15H,8-9,12-13H2,1-3H3,(H,24,27)(H,25,28). The van der Waals surface area contributed by atoms with Crippen LogP contribution in [0.1, 0.15) is 51.3 Å². The Labute approximate surface area is 190 Å². The van der Waals surface area contributed by atoms with Gasteiger partial charge in [-0.05, 0) is 41.5 Å². The fourth-order valence-electron chi connectivity index (χ4n) is 2.97. The fraction of sp³-hybridized carbons (Fsp3) is 0.348. The summed E-state index contributed by atoms with van der Waals surface area (Å²) in [5.41, 5.74) is 2.66. The lowest BCUT2D eigenvalue weighted by molar-refractivity contribution is -0.120. The van der Waals surface area contributed by atoms with Crippen LogP contribution in [0.25, 0.3) is 0 Å². The number of thiazole rings is 1. The maximum Gasteiger partial charge on any atom is 0.270 e. The van der Waals surface area contributed by atoms with Gasteiger partial charge in [-0.25, -0.2) is 4.98 Å². The molecule has 31 heavy (non-hydrogen) atoms. The Balaban J connectivity index is 1.43. The number of nitrogens with zero attached hydrogens (tertiary/aromatic N) is 1. The van der Waals surface area contributed by atoms with Crippen molar-refractivity contribution >= 4 is 34.5 Å². The van der Waals surface area contributed by atoms with Crippen LogP contribution in [0.3, 0.4) is 0 Å². The number of nitrogens with one attached hydrogen (secondary N) is 2. The van der Waals surface area contributed by atoms with Gasteiger partial charge < -0.3 is 15.4 Å². The summed E-state index contributed by atoms with van der Waals surface area (Å²) in [7, 11) is 0. The number of amides is 2. The van der Waals surface area contributed by atoms with Crippen LogP contribution in [-0.4, -0.2) is 29.9 Å². The van der Waals surface area contributed by atoms with Crippen molar-refractivity contribution in [1.82, 2.24) is 15.6 Å². The molecule has 0 radical (unpaired) electrons. The van der Waals surface area contributed by atoms with E-state index in [-0.39, 0.29) is 11.8 Å². The second-order valence-electron chi connectivity index (χ2n) is 7.47. The number of thiophene rings is 1. The van der Waals surface area contributed by atoms with E-state index in [9.17, 15) is 9.59 Å². The normalized spacial score (nSPS) is 10.8. The highest BCUT2D eigenvalue weighted by Gasteiger charge is 2.13. The molecule has 0 aliphatic carbocycles. The van der Waals surface area contributed by atoms with Gasteiger partial charge in [0.2, 0.25) is 5.91 Å². The average Bonchev–Trinajstić information content (AvgIpc) is 3.41. The van der Waals surface area contributed by atoms with Gasteiger partial charge in [-0.15, -0.1) is 22.7 Å². The number of benzene rings is 1. The maximum atomic E-state index is 12.3. The van der Waals surface area contributed by atoms with Gasteiger partial charge >= 0.3 is 0 Å². The van der Waals surface area contributed by atoms with Crippen molar-refractivity contribution in [2.45, 2.75) is 39.7 Å². The zero-order chi connectivity index (χ0) is 22.2. The van der Waals surface area contributed by atoms with Crippen LogP contribution in [0.2, 0.25) is 0 Å². The van der Waals surface area contributed by atoms with Crippen molar-refractivity contribution in [3.8, 4) is 5.75 Å². The molecule has 0 saturated heterocycles. The Bertz CT molecular complexity index is 1010. The van der Waals surface area contributed by atoms with Crippen LogP contribution in [0.4, 0.5) is 0 Å². The van der Waals surface area contributed by atoms with Crippen LogP contribution in [0.5, 0.6) is 5.75 Å². The van der Waals surface area contributed by atoms with Crippen LogP contribution in [0, 0.1) is 6.92 Å². The van der Waals surface area contributed by atoms with Crippen LogP contribution in [-0.2, 0) is 17.8 Å². The van der Waals surface area contributed by atoms with E-state index in [1.807, 2.05) is 30.5 Å². The zero-order valence-corrected chi connectivity index (χ0v) is 19.6. The maximum absolute atomic E-state index is 12.3. The number of rotatable bonds is 10. The molecule has 2 amide bonds. The highest BCUT2D eigenvalue weighted by atomic mass is 32.1. The topological polar surface area (TPSA) is 80.3 Å².